The van der Waals surface area contributed by atoms with Crippen molar-refractivity contribution in [3.63, 3.8) is 0 Å². The van der Waals surface area contributed by atoms with Crippen molar-refractivity contribution in [1.29, 1.82) is 0 Å². The summed E-state index contributed by atoms with van der Waals surface area (Å²) in [5.74, 6) is 1.55. The number of pyridine rings is 2. The first-order valence-corrected chi connectivity index (χ1v) is 12.4. The van der Waals surface area contributed by atoms with E-state index in [9.17, 15) is 4.79 Å². The largest absolute Gasteiger partial charge is 0.495 e. The first-order valence-electron chi connectivity index (χ1n) is 11.7. The molecular formula is C29H22Cl2N4O4. The highest BCUT2D eigenvalue weighted by molar-refractivity contribution is 6.41. The van der Waals surface area contributed by atoms with Gasteiger partial charge >= 0.3 is 0 Å². The summed E-state index contributed by atoms with van der Waals surface area (Å²) in [6, 6.07) is 16.2. The number of hydrogen-bond donors (Lipinski definition) is 2. The van der Waals surface area contributed by atoms with Crippen LogP contribution < -0.4 is 20.1 Å². The van der Waals surface area contributed by atoms with Crippen LogP contribution in [0.4, 0.5) is 17.2 Å². The molecule has 5 aromatic rings. The fraction of sp³-hybridized carbons (Fsp3) is 0.0690. The molecule has 0 aliphatic rings. The SMILES string of the molecule is C=CC(=O)Nc1ccccc1Nc1cc2c(-c3ccco3)nc(-c3c(Cl)c(OC)cc(OC)c3Cl)cc2cn1. The van der Waals surface area contributed by atoms with E-state index in [1.807, 2.05) is 36.4 Å². The fourth-order valence-electron chi connectivity index (χ4n) is 4.08. The lowest BCUT2D eigenvalue weighted by Crippen LogP contribution is -2.09. The summed E-state index contributed by atoms with van der Waals surface area (Å²) in [4.78, 5) is 21.4. The number of halogens is 2. The van der Waals surface area contributed by atoms with E-state index in [4.69, 9.17) is 42.1 Å². The highest BCUT2D eigenvalue weighted by Crippen LogP contribution is 2.46. The molecule has 0 radical (unpaired) electrons. The molecule has 2 aromatic carbocycles. The maximum absolute atomic E-state index is 11.9. The molecule has 0 saturated heterocycles. The molecule has 0 aliphatic carbocycles. The average Bonchev–Trinajstić information content (AvgIpc) is 3.49. The summed E-state index contributed by atoms with van der Waals surface area (Å²) < 4.78 is 16.6. The summed E-state index contributed by atoms with van der Waals surface area (Å²) in [6.07, 6.45) is 4.49. The molecule has 3 aromatic heterocycles. The Hall–Kier alpha value is -4.53. The number of nitrogens with zero attached hydrogens (tertiary/aromatic N) is 2. The molecule has 196 valence electrons. The van der Waals surface area contributed by atoms with E-state index in [2.05, 4.69) is 22.2 Å². The van der Waals surface area contributed by atoms with Gasteiger partial charge in [-0.1, -0.05) is 41.9 Å². The lowest BCUT2D eigenvalue weighted by Gasteiger charge is -2.16. The number of aromatic nitrogens is 2. The summed E-state index contributed by atoms with van der Waals surface area (Å²) in [5.41, 5.74) is 2.74. The molecular weight excluding hydrogens is 539 g/mol. The molecule has 0 bridgehead atoms. The van der Waals surface area contributed by atoms with Crippen LogP contribution in [0, 0.1) is 0 Å². The van der Waals surface area contributed by atoms with Crippen LogP contribution in [0.15, 0.2) is 84.1 Å². The number of amides is 1. The van der Waals surface area contributed by atoms with Crippen LogP contribution in [-0.2, 0) is 4.79 Å². The number of carbonyl (C=O) groups is 1. The van der Waals surface area contributed by atoms with E-state index in [1.54, 1.807) is 30.7 Å². The van der Waals surface area contributed by atoms with Gasteiger partial charge in [-0.05, 0) is 42.5 Å². The normalized spacial score (nSPS) is 10.8. The monoisotopic (exact) mass is 560 g/mol. The second-order valence-corrected chi connectivity index (χ2v) is 9.03. The zero-order valence-electron chi connectivity index (χ0n) is 20.9. The molecule has 0 atom stereocenters. The number of hydrogen-bond acceptors (Lipinski definition) is 7. The zero-order valence-corrected chi connectivity index (χ0v) is 22.4. The molecule has 0 spiro atoms. The van der Waals surface area contributed by atoms with E-state index in [0.717, 1.165) is 10.8 Å². The number of nitrogens with one attached hydrogen (secondary N) is 2. The van der Waals surface area contributed by atoms with E-state index in [0.29, 0.717) is 61.4 Å². The Morgan fingerprint density at radius 3 is 2.36 bits per heavy atom. The van der Waals surface area contributed by atoms with Gasteiger partial charge in [0.25, 0.3) is 0 Å². The van der Waals surface area contributed by atoms with Crippen LogP contribution >= 0.6 is 23.2 Å². The molecule has 0 aliphatic heterocycles. The number of para-hydroxylation sites is 2. The Labute approximate surface area is 234 Å². The third-order valence-corrected chi connectivity index (χ3v) is 6.68. The molecule has 0 unspecified atom stereocenters. The van der Waals surface area contributed by atoms with E-state index in [1.165, 1.54) is 20.3 Å². The number of fused-ring (bicyclic) bond motifs is 1. The van der Waals surface area contributed by atoms with Crippen LogP contribution in [0.25, 0.3) is 33.5 Å². The lowest BCUT2D eigenvalue weighted by atomic mass is 10.0. The molecule has 1 amide bonds. The topological polar surface area (TPSA) is 98.5 Å². The maximum Gasteiger partial charge on any atom is 0.247 e. The van der Waals surface area contributed by atoms with Gasteiger partial charge in [0, 0.05) is 28.6 Å². The Morgan fingerprint density at radius 2 is 1.72 bits per heavy atom. The fourth-order valence-corrected chi connectivity index (χ4v) is 4.77. The number of rotatable bonds is 8. The Morgan fingerprint density at radius 1 is 1.00 bits per heavy atom. The smallest absolute Gasteiger partial charge is 0.247 e. The number of methoxy groups -OCH3 is 2. The van der Waals surface area contributed by atoms with Crippen molar-refractivity contribution in [1.82, 2.24) is 9.97 Å². The van der Waals surface area contributed by atoms with Crippen molar-refractivity contribution >= 4 is 57.1 Å². The minimum Gasteiger partial charge on any atom is -0.495 e. The van der Waals surface area contributed by atoms with E-state index in [-0.39, 0.29) is 5.91 Å². The number of furan rings is 1. The Kier molecular flexibility index (Phi) is 7.40. The first kappa shape index (κ1) is 26.1. The molecule has 5 rings (SSSR count). The maximum atomic E-state index is 11.9. The van der Waals surface area contributed by atoms with E-state index < -0.39 is 0 Å². The van der Waals surface area contributed by atoms with Crippen molar-refractivity contribution in [3.05, 3.63) is 89.8 Å². The van der Waals surface area contributed by atoms with Gasteiger partial charge in [0.05, 0.1) is 47.6 Å². The van der Waals surface area contributed by atoms with Crippen LogP contribution in [0.1, 0.15) is 0 Å². The minimum absolute atomic E-state index is 0.296. The average molecular weight is 561 g/mol. The van der Waals surface area contributed by atoms with Crippen molar-refractivity contribution in [2.24, 2.45) is 0 Å². The van der Waals surface area contributed by atoms with Crippen LogP contribution in [0.3, 0.4) is 0 Å². The van der Waals surface area contributed by atoms with Crippen molar-refractivity contribution in [3.8, 4) is 34.2 Å². The molecule has 0 fully saturated rings. The molecule has 0 saturated carbocycles. The summed E-state index contributed by atoms with van der Waals surface area (Å²) in [6.45, 7) is 3.51. The first-order chi connectivity index (χ1) is 18.9. The van der Waals surface area contributed by atoms with E-state index >= 15 is 0 Å². The standard InChI is InChI=1S/C29H22Cl2N4O4/c1-4-25(36)34-19-9-6-5-8-18(19)33-24-13-17-16(15-32-24)12-20(35-29(17)21-10-7-11-39-21)26-27(30)22(37-2)14-23(38-3)28(26)31/h4-15H,1H2,2-3H3,(H,32,33)(H,34,36). The van der Waals surface area contributed by atoms with Crippen LogP contribution in [0.2, 0.25) is 10.0 Å². The molecule has 8 nitrogen and oxygen atoms in total. The molecule has 10 heteroatoms. The highest BCUT2D eigenvalue weighted by Gasteiger charge is 2.22. The number of carbonyl (C=O) groups excluding carboxylic acids is 1. The van der Waals surface area contributed by atoms with Gasteiger partial charge in [-0.25, -0.2) is 9.97 Å². The lowest BCUT2D eigenvalue weighted by molar-refractivity contribution is -0.111. The van der Waals surface area contributed by atoms with Gasteiger partial charge in [-0.3, -0.25) is 4.79 Å². The van der Waals surface area contributed by atoms with Gasteiger partial charge in [0.1, 0.15) is 23.0 Å². The zero-order chi connectivity index (χ0) is 27.5. The third-order valence-electron chi connectivity index (χ3n) is 5.93. The number of benzene rings is 2. The summed E-state index contributed by atoms with van der Waals surface area (Å²) in [7, 11) is 3.03. The second-order valence-electron chi connectivity index (χ2n) is 8.27. The highest BCUT2D eigenvalue weighted by atomic mass is 35.5. The second kappa shape index (κ2) is 11.1. The van der Waals surface area contributed by atoms with Crippen molar-refractivity contribution < 1.29 is 18.7 Å². The van der Waals surface area contributed by atoms with Gasteiger partial charge in [-0.15, -0.1) is 0 Å². The number of ether oxygens (including phenoxy) is 2. The molecule has 2 N–H and O–H groups in total. The Bertz CT molecular complexity index is 1680. The number of anilines is 3. The molecule has 39 heavy (non-hydrogen) atoms. The van der Waals surface area contributed by atoms with Gasteiger partial charge in [0.15, 0.2) is 5.76 Å². The van der Waals surface area contributed by atoms with Gasteiger partial charge in [0.2, 0.25) is 5.91 Å². The quantitative estimate of drug-likeness (QED) is 0.187. The predicted octanol–water partition coefficient (Wildman–Crippen LogP) is 7.75. The van der Waals surface area contributed by atoms with Crippen molar-refractivity contribution in [2.45, 2.75) is 0 Å². The Balaban J connectivity index is 1.66. The minimum atomic E-state index is -0.320. The third kappa shape index (κ3) is 5.12. The van der Waals surface area contributed by atoms with Crippen LogP contribution in [0.5, 0.6) is 11.5 Å². The molecule has 3 heterocycles. The van der Waals surface area contributed by atoms with Crippen molar-refractivity contribution in [2.75, 3.05) is 24.9 Å². The summed E-state index contributed by atoms with van der Waals surface area (Å²) >= 11 is 13.4. The predicted molar refractivity (Wildman–Crippen MR) is 154 cm³/mol. The van der Waals surface area contributed by atoms with Crippen LogP contribution in [-0.4, -0.2) is 30.1 Å². The van der Waals surface area contributed by atoms with Gasteiger partial charge in [-0.2, -0.15) is 0 Å². The summed E-state index contributed by atoms with van der Waals surface area (Å²) in [5, 5.41) is 8.17. The van der Waals surface area contributed by atoms with Gasteiger partial charge < -0.3 is 24.5 Å².